The molecule has 0 bridgehead atoms. The largest absolute Gasteiger partial charge is 0.450 e. The Morgan fingerprint density at radius 1 is 1.19 bits per heavy atom. The lowest BCUT2D eigenvalue weighted by Crippen LogP contribution is -1.96. The van der Waals surface area contributed by atoms with Crippen LogP contribution >= 0.6 is 0 Å². The predicted molar refractivity (Wildman–Crippen MR) is 101 cm³/mol. The van der Waals surface area contributed by atoms with E-state index in [0.29, 0.717) is 22.8 Å². The van der Waals surface area contributed by atoms with Crippen molar-refractivity contribution in [3.05, 3.63) is 59.6 Å². The monoisotopic (exact) mass is 360 g/mol. The first kappa shape index (κ1) is 15.6. The van der Waals surface area contributed by atoms with Crippen LogP contribution in [-0.4, -0.2) is 21.1 Å². The summed E-state index contributed by atoms with van der Waals surface area (Å²) in [7, 11) is 0. The molecule has 0 atom stereocenters. The van der Waals surface area contributed by atoms with Gasteiger partial charge in [-0.2, -0.15) is 0 Å². The van der Waals surface area contributed by atoms with Crippen molar-refractivity contribution >= 4 is 28.1 Å². The third kappa shape index (κ3) is 2.55. The van der Waals surface area contributed by atoms with Gasteiger partial charge in [0, 0.05) is 28.9 Å². The van der Waals surface area contributed by atoms with Crippen LogP contribution in [0.5, 0.6) is 0 Å². The number of hydrogen-bond acceptors (Lipinski definition) is 7. The first-order chi connectivity index (χ1) is 13.2. The van der Waals surface area contributed by atoms with Gasteiger partial charge in [-0.3, -0.25) is 4.98 Å². The minimum Gasteiger partial charge on any atom is -0.450 e. The Balaban J connectivity index is 1.61. The van der Waals surface area contributed by atoms with Crippen molar-refractivity contribution in [1.82, 2.24) is 10.1 Å². The first-order valence-electron chi connectivity index (χ1n) is 8.64. The number of pyridine rings is 1. The zero-order chi connectivity index (χ0) is 18.4. The van der Waals surface area contributed by atoms with Gasteiger partial charge in [-0.25, -0.2) is 0 Å². The zero-order valence-corrected chi connectivity index (χ0v) is 14.6. The number of hydrogen-bond donors (Lipinski definition) is 2. The van der Waals surface area contributed by atoms with E-state index in [-0.39, 0.29) is 0 Å². The van der Waals surface area contributed by atoms with Crippen molar-refractivity contribution in [3.63, 3.8) is 0 Å². The summed E-state index contributed by atoms with van der Waals surface area (Å²) in [5.74, 6) is 1.32. The lowest BCUT2D eigenvalue weighted by Gasteiger charge is -2.08. The minimum absolute atomic E-state index is 0.605. The molecule has 1 aliphatic rings. The predicted octanol–water partition coefficient (Wildman–Crippen LogP) is 4.66. The molecular weight excluding hydrogens is 344 g/mol. The Kier molecular flexibility index (Phi) is 3.46. The maximum atomic E-state index is 9.11. The molecule has 0 radical (unpaired) electrons. The highest BCUT2D eigenvalue weighted by molar-refractivity contribution is 6.05. The van der Waals surface area contributed by atoms with Gasteiger partial charge in [0.25, 0.3) is 0 Å². The van der Waals surface area contributed by atoms with Crippen LogP contribution in [0.15, 0.2) is 56.8 Å². The number of benzene rings is 1. The molecule has 1 aromatic carbocycles. The average molecular weight is 360 g/mol. The van der Waals surface area contributed by atoms with Crippen LogP contribution in [0.3, 0.4) is 0 Å². The molecular formula is C20H16N4O3. The summed E-state index contributed by atoms with van der Waals surface area (Å²) in [6.45, 7) is 1.84. The molecule has 0 saturated carbocycles. The van der Waals surface area contributed by atoms with E-state index >= 15 is 0 Å². The number of nitrogens with zero attached hydrogens (tertiary/aromatic N) is 3. The molecule has 3 heterocycles. The number of aryl methyl sites for hydroxylation is 2. The van der Waals surface area contributed by atoms with Crippen LogP contribution in [0.25, 0.3) is 22.4 Å². The van der Waals surface area contributed by atoms with Crippen molar-refractivity contribution in [2.75, 3.05) is 5.32 Å². The number of fused-ring (bicyclic) bond motifs is 2. The highest BCUT2D eigenvalue weighted by Gasteiger charge is 2.21. The van der Waals surface area contributed by atoms with Gasteiger partial charge in [-0.1, -0.05) is 16.4 Å². The normalized spacial score (nSPS) is 14.8. The second-order valence-corrected chi connectivity index (χ2v) is 6.54. The van der Waals surface area contributed by atoms with Gasteiger partial charge in [0.05, 0.1) is 17.6 Å². The summed E-state index contributed by atoms with van der Waals surface area (Å²) >= 11 is 0. The van der Waals surface area contributed by atoms with Gasteiger partial charge < -0.3 is 19.5 Å². The van der Waals surface area contributed by atoms with Crippen molar-refractivity contribution in [2.24, 2.45) is 5.16 Å². The highest BCUT2D eigenvalue weighted by Crippen LogP contribution is 2.39. The number of anilines is 2. The topological polar surface area (TPSA) is 96.7 Å². The molecule has 4 aromatic rings. The Morgan fingerprint density at radius 2 is 2.11 bits per heavy atom. The van der Waals surface area contributed by atoms with Crippen molar-refractivity contribution in [2.45, 2.75) is 19.8 Å². The summed E-state index contributed by atoms with van der Waals surface area (Å²) in [5, 5.41) is 21.0. The molecule has 0 spiro atoms. The lowest BCUT2D eigenvalue weighted by molar-refractivity contribution is 0.318. The summed E-state index contributed by atoms with van der Waals surface area (Å²) in [5.41, 5.74) is 5.92. The SMILES string of the molecule is Cc1cc(-c2oc3cnccc3c2Nc2ccc3c(c2)CC/C3=N\O)no1. The Hall–Kier alpha value is -3.61. The number of aromatic nitrogens is 2. The van der Waals surface area contributed by atoms with E-state index < -0.39 is 0 Å². The van der Waals surface area contributed by atoms with Crippen LogP contribution in [-0.2, 0) is 6.42 Å². The quantitative estimate of drug-likeness (QED) is 0.407. The molecule has 5 rings (SSSR count). The summed E-state index contributed by atoms with van der Waals surface area (Å²) in [6.07, 6.45) is 5.02. The van der Waals surface area contributed by atoms with Crippen LogP contribution in [0.2, 0.25) is 0 Å². The fourth-order valence-corrected chi connectivity index (χ4v) is 3.52. The second-order valence-electron chi connectivity index (χ2n) is 6.54. The van der Waals surface area contributed by atoms with E-state index in [4.69, 9.17) is 14.1 Å². The molecule has 0 aliphatic heterocycles. The molecule has 0 unspecified atom stereocenters. The van der Waals surface area contributed by atoms with E-state index in [1.807, 2.05) is 31.2 Å². The molecule has 3 aromatic heterocycles. The Bertz CT molecular complexity index is 1190. The van der Waals surface area contributed by atoms with Gasteiger partial charge in [0.1, 0.15) is 5.76 Å². The third-order valence-electron chi connectivity index (χ3n) is 4.79. The molecule has 27 heavy (non-hydrogen) atoms. The summed E-state index contributed by atoms with van der Waals surface area (Å²) < 4.78 is 11.2. The minimum atomic E-state index is 0.605. The van der Waals surface area contributed by atoms with Crippen LogP contribution in [0.4, 0.5) is 11.4 Å². The Morgan fingerprint density at radius 3 is 2.93 bits per heavy atom. The summed E-state index contributed by atoms with van der Waals surface area (Å²) in [6, 6.07) is 9.76. The van der Waals surface area contributed by atoms with E-state index in [0.717, 1.165) is 46.4 Å². The molecule has 1 aliphatic carbocycles. The highest BCUT2D eigenvalue weighted by atomic mass is 16.5. The van der Waals surface area contributed by atoms with Crippen molar-refractivity contribution in [1.29, 1.82) is 0 Å². The molecule has 0 fully saturated rings. The lowest BCUT2D eigenvalue weighted by atomic mass is 10.1. The maximum Gasteiger partial charge on any atom is 0.180 e. The van der Waals surface area contributed by atoms with Gasteiger partial charge in [0.2, 0.25) is 0 Å². The van der Waals surface area contributed by atoms with Gasteiger partial charge >= 0.3 is 0 Å². The zero-order valence-electron chi connectivity index (χ0n) is 14.6. The number of oxime groups is 1. The number of nitrogens with one attached hydrogen (secondary N) is 1. The molecule has 7 heteroatoms. The summed E-state index contributed by atoms with van der Waals surface area (Å²) in [4.78, 5) is 4.14. The average Bonchev–Trinajstić information content (AvgIpc) is 3.38. The smallest absolute Gasteiger partial charge is 0.180 e. The second kappa shape index (κ2) is 5.98. The van der Waals surface area contributed by atoms with Crippen molar-refractivity contribution < 1.29 is 14.1 Å². The molecule has 0 saturated heterocycles. The van der Waals surface area contributed by atoms with E-state index in [2.05, 4.69) is 26.7 Å². The standard InChI is InChI=1S/C20H16N4O3/c1-11-8-17(24-27-11)20-19(15-6-7-21-10-18(15)26-20)22-13-3-4-14-12(9-13)2-5-16(14)23-25/h3-4,6-10,22,25H,2,5H2,1H3/b23-16+. The fraction of sp³-hybridized carbons (Fsp3) is 0.150. The number of furan rings is 1. The van der Waals surface area contributed by atoms with E-state index in [1.165, 1.54) is 0 Å². The van der Waals surface area contributed by atoms with Crippen LogP contribution < -0.4 is 5.32 Å². The molecule has 2 N–H and O–H groups in total. The van der Waals surface area contributed by atoms with E-state index in [1.54, 1.807) is 12.4 Å². The fourth-order valence-electron chi connectivity index (χ4n) is 3.52. The third-order valence-corrected chi connectivity index (χ3v) is 4.79. The Labute approximate surface area is 154 Å². The van der Waals surface area contributed by atoms with Gasteiger partial charge in [0.15, 0.2) is 17.0 Å². The number of rotatable bonds is 3. The van der Waals surface area contributed by atoms with Gasteiger partial charge in [-0.15, -0.1) is 0 Å². The first-order valence-corrected chi connectivity index (χ1v) is 8.64. The molecule has 134 valence electrons. The van der Waals surface area contributed by atoms with Crippen molar-refractivity contribution in [3.8, 4) is 11.5 Å². The maximum absolute atomic E-state index is 9.11. The molecule has 7 nitrogen and oxygen atoms in total. The van der Waals surface area contributed by atoms with Crippen LogP contribution in [0.1, 0.15) is 23.3 Å². The van der Waals surface area contributed by atoms with Gasteiger partial charge in [-0.05, 0) is 43.5 Å². The van der Waals surface area contributed by atoms with E-state index in [9.17, 15) is 0 Å². The molecule has 0 amide bonds. The van der Waals surface area contributed by atoms with Crippen LogP contribution in [0, 0.1) is 6.92 Å².